The average molecular weight is 614 g/mol. The molecule has 9 heteroatoms. The maximum absolute atomic E-state index is 13.5. The van der Waals surface area contributed by atoms with Gasteiger partial charge in [0.2, 0.25) is 15.8 Å². The second-order valence-corrected chi connectivity index (χ2v) is 12.2. The van der Waals surface area contributed by atoms with E-state index in [-0.39, 0.29) is 40.5 Å². The topological polar surface area (TPSA) is 89.5 Å². The third-order valence-electron chi connectivity index (χ3n) is 7.75. The fourth-order valence-corrected chi connectivity index (χ4v) is 7.03. The van der Waals surface area contributed by atoms with Crippen molar-refractivity contribution in [3.63, 3.8) is 0 Å². The molecule has 1 unspecified atom stereocenters. The predicted molar refractivity (Wildman–Crippen MR) is 144 cm³/mol. The highest BCUT2D eigenvalue weighted by Crippen LogP contribution is 2.36. The first-order valence-electron chi connectivity index (χ1n) is 13.1. The molecule has 0 aromatic heterocycles. The number of quaternary nitrogens is 1. The van der Waals surface area contributed by atoms with Crippen molar-refractivity contribution in [2.75, 3.05) is 26.2 Å². The average Bonchev–Trinajstić information content (AvgIpc) is 2.93. The molecule has 3 aliphatic heterocycles. The number of rotatable bonds is 10. The highest BCUT2D eigenvalue weighted by molar-refractivity contribution is 7.88. The van der Waals surface area contributed by atoms with Crippen molar-refractivity contribution in [2.24, 2.45) is 5.92 Å². The first-order chi connectivity index (χ1) is 18.3. The summed E-state index contributed by atoms with van der Waals surface area (Å²) in [6, 6.07) is 25.8. The van der Waals surface area contributed by atoms with Crippen molar-refractivity contribution >= 4 is 21.8 Å². The number of nitrogens with one attached hydrogen (secondary N) is 1. The Labute approximate surface area is 240 Å². The number of piperidine rings is 3. The molecule has 3 saturated heterocycles. The molecule has 39 heavy (non-hydrogen) atoms. The maximum Gasteiger partial charge on any atom is 0.329 e. The van der Waals surface area contributed by atoms with Gasteiger partial charge in [-0.3, -0.25) is 4.79 Å². The van der Waals surface area contributed by atoms with Crippen LogP contribution in [0.3, 0.4) is 0 Å². The van der Waals surface area contributed by atoms with E-state index >= 15 is 0 Å². The number of halogens is 1. The molecule has 0 radical (unpaired) electrons. The second-order valence-electron chi connectivity index (χ2n) is 10.4. The maximum atomic E-state index is 13.5. The molecule has 6 rings (SSSR count). The fourth-order valence-electron chi connectivity index (χ4n) is 5.73. The van der Waals surface area contributed by atoms with Gasteiger partial charge < -0.3 is 26.2 Å². The molecule has 2 bridgehead atoms. The summed E-state index contributed by atoms with van der Waals surface area (Å²) in [5.41, 5.74) is 1.85. The minimum atomic E-state index is -3.84. The first kappa shape index (κ1) is 29.1. The van der Waals surface area contributed by atoms with E-state index in [1.807, 2.05) is 42.5 Å². The summed E-state index contributed by atoms with van der Waals surface area (Å²) in [4.78, 5) is 26.6. The van der Waals surface area contributed by atoms with Gasteiger partial charge in [0.05, 0.1) is 18.8 Å². The van der Waals surface area contributed by atoms with E-state index in [1.165, 1.54) is 0 Å². The van der Waals surface area contributed by atoms with Crippen LogP contribution in [0.1, 0.15) is 40.4 Å². The number of esters is 1. The number of fused-ring (bicyclic) bond motifs is 3. The van der Waals surface area contributed by atoms with Crippen LogP contribution in [0, 0.1) is 5.92 Å². The lowest BCUT2D eigenvalue weighted by Crippen LogP contribution is -3.00. The van der Waals surface area contributed by atoms with Crippen molar-refractivity contribution < 1.29 is 44.2 Å². The SMILES string of the molecule is O=C(C[N+]12CCC(CC1)[C@@H](OC(=O)C(NS(=O)(=O)Cc1ccccc1)c1ccccc1)C2)c1ccccc1.[Br-]. The van der Waals surface area contributed by atoms with E-state index in [4.69, 9.17) is 4.74 Å². The van der Waals surface area contributed by atoms with Crippen LogP contribution in [0.5, 0.6) is 0 Å². The van der Waals surface area contributed by atoms with E-state index in [2.05, 4.69) is 4.72 Å². The molecule has 7 nitrogen and oxygen atoms in total. The van der Waals surface area contributed by atoms with Gasteiger partial charge in [-0.25, -0.2) is 13.2 Å². The lowest BCUT2D eigenvalue weighted by Gasteiger charge is -2.51. The zero-order valence-corrected chi connectivity index (χ0v) is 24.0. The van der Waals surface area contributed by atoms with E-state index in [0.29, 0.717) is 34.3 Å². The van der Waals surface area contributed by atoms with Gasteiger partial charge in [0.15, 0.2) is 6.10 Å². The van der Waals surface area contributed by atoms with Gasteiger partial charge in [-0.15, -0.1) is 0 Å². The zero-order chi connectivity index (χ0) is 26.6. The summed E-state index contributed by atoms with van der Waals surface area (Å²) in [6.07, 6.45) is 1.38. The minimum Gasteiger partial charge on any atom is -1.00 e. The molecule has 3 heterocycles. The molecule has 3 aromatic carbocycles. The van der Waals surface area contributed by atoms with Crippen LogP contribution in [0.15, 0.2) is 91.0 Å². The molecule has 3 aromatic rings. The summed E-state index contributed by atoms with van der Waals surface area (Å²) in [5, 5.41) is 0. The summed E-state index contributed by atoms with van der Waals surface area (Å²) >= 11 is 0. The van der Waals surface area contributed by atoms with Gasteiger partial charge in [-0.2, -0.15) is 4.72 Å². The van der Waals surface area contributed by atoms with Gasteiger partial charge in [-0.05, 0) is 11.1 Å². The Morgan fingerprint density at radius 3 is 2.05 bits per heavy atom. The van der Waals surface area contributed by atoms with E-state index in [1.54, 1.807) is 48.5 Å². The van der Waals surface area contributed by atoms with E-state index in [0.717, 1.165) is 25.9 Å². The number of hydrogen-bond donors (Lipinski definition) is 1. The summed E-state index contributed by atoms with van der Waals surface area (Å²) in [5.74, 6) is -0.549. The normalized spacial score (nSPS) is 22.9. The molecule has 206 valence electrons. The Kier molecular flexibility index (Phi) is 9.38. The van der Waals surface area contributed by atoms with E-state index < -0.39 is 22.0 Å². The Morgan fingerprint density at radius 1 is 0.872 bits per heavy atom. The Hall–Kier alpha value is -2.85. The van der Waals surface area contributed by atoms with Crippen molar-refractivity contribution in [3.05, 3.63) is 108 Å². The zero-order valence-electron chi connectivity index (χ0n) is 21.6. The molecule has 2 atom stereocenters. The highest BCUT2D eigenvalue weighted by atomic mass is 79.9. The fraction of sp³-hybridized carbons (Fsp3) is 0.333. The van der Waals surface area contributed by atoms with Gasteiger partial charge >= 0.3 is 5.97 Å². The van der Waals surface area contributed by atoms with Crippen molar-refractivity contribution in [3.8, 4) is 0 Å². The van der Waals surface area contributed by atoms with Gasteiger partial charge in [-0.1, -0.05) is 91.0 Å². The van der Waals surface area contributed by atoms with E-state index in [9.17, 15) is 18.0 Å². The number of ketones is 1. The number of nitrogens with zero attached hydrogens (tertiary/aromatic N) is 1. The van der Waals surface area contributed by atoms with Crippen molar-refractivity contribution in [1.29, 1.82) is 0 Å². The Morgan fingerprint density at radius 2 is 1.44 bits per heavy atom. The number of benzene rings is 3. The largest absolute Gasteiger partial charge is 1.00 e. The molecule has 0 aliphatic carbocycles. The number of carbonyl (C=O) groups excluding carboxylic acids is 2. The lowest BCUT2D eigenvalue weighted by molar-refractivity contribution is -0.938. The van der Waals surface area contributed by atoms with Crippen LogP contribution in [-0.4, -0.2) is 56.9 Å². The molecule has 1 N–H and O–H groups in total. The minimum absolute atomic E-state index is 0. The smallest absolute Gasteiger partial charge is 0.329 e. The molecule has 3 aliphatic rings. The molecule has 0 amide bonds. The van der Waals surface area contributed by atoms with Crippen LogP contribution in [0.2, 0.25) is 0 Å². The van der Waals surface area contributed by atoms with Crippen LogP contribution in [0.4, 0.5) is 0 Å². The van der Waals surface area contributed by atoms with Gasteiger partial charge in [0, 0.05) is 24.3 Å². The predicted octanol–water partition coefficient (Wildman–Crippen LogP) is 0.886. The standard InChI is InChI=1S/C30H33N2O5S.BrH/c33-27(24-12-6-2-7-13-24)20-32-18-16-25(17-19-32)28(21-32)37-30(34)29(26-14-8-3-9-15-26)31-38(35,36)22-23-10-4-1-5-11-23;/h1-15,25,28-29,31H,16-22H2;1H/q+1;/p-1/t25?,28-,29?,32?;/m0./s1. The summed E-state index contributed by atoms with van der Waals surface area (Å²) in [6.45, 7) is 2.69. The van der Waals surface area contributed by atoms with Crippen molar-refractivity contribution in [1.82, 2.24) is 4.72 Å². The quantitative estimate of drug-likeness (QED) is 0.209. The third kappa shape index (κ3) is 7.22. The number of carbonyl (C=O) groups is 2. The van der Waals surface area contributed by atoms with Crippen LogP contribution >= 0.6 is 0 Å². The number of ether oxygens (including phenoxy) is 1. The lowest BCUT2D eigenvalue weighted by atomic mass is 9.82. The second kappa shape index (κ2) is 12.6. The van der Waals surface area contributed by atoms with Crippen LogP contribution in [-0.2, 0) is 25.3 Å². The summed E-state index contributed by atoms with van der Waals surface area (Å²) < 4.78 is 35.4. The highest BCUT2D eigenvalue weighted by Gasteiger charge is 2.49. The monoisotopic (exact) mass is 612 g/mol. The van der Waals surface area contributed by atoms with Crippen LogP contribution in [0.25, 0.3) is 0 Å². The Bertz CT molecular complexity index is 1360. The number of sulfonamides is 1. The first-order valence-corrected chi connectivity index (χ1v) is 14.7. The Balaban J connectivity index is 0.00000353. The molecular formula is C30H33BrN2O5S. The van der Waals surface area contributed by atoms with Gasteiger partial charge in [0.25, 0.3) is 0 Å². The summed E-state index contributed by atoms with van der Waals surface area (Å²) in [7, 11) is -3.84. The third-order valence-corrected chi connectivity index (χ3v) is 9.06. The molecule has 0 saturated carbocycles. The number of hydrogen-bond acceptors (Lipinski definition) is 5. The number of Topliss-reactive ketones (excluding diaryl/α,β-unsaturated/α-hetero) is 1. The molecular weight excluding hydrogens is 580 g/mol. The van der Waals surface area contributed by atoms with Crippen molar-refractivity contribution in [2.45, 2.75) is 30.7 Å². The van der Waals surface area contributed by atoms with Gasteiger partial charge in [0.1, 0.15) is 19.1 Å². The van der Waals surface area contributed by atoms with Crippen LogP contribution < -0.4 is 21.7 Å². The molecule has 0 spiro atoms. The molecule has 3 fully saturated rings.